The molecule has 0 aliphatic rings. The van der Waals surface area contributed by atoms with E-state index in [1.807, 2.05) is 0 Å². The minimum atomic E-state index is -1.53. The van der Waals surface area contributed by atoms with Gasteiger partial charge in [-0.15, -0.1) is 37.2 Å². The number of carbonyl (C=O) groups is 4. The van der Waals surface area contributed by atoms with Crippen molar-refractivity contribution in [2.75, 3.05) is 39.3 Å². The number of rotatable bonds is 11. The van der Waals surface area contributed by atoms with Crippen molar-refractivity contribution in [1.82, 2.24) is 9.80 Å². The predicted octanol–water partition coefficient (Wildman–Crippen LogP) is -18.1. The summed E-state index contributed by atoms with van der Waals surface area (Å²) >= 11 is 0. The Hall–Kier alpha value is 2.67. The summed E-state index contributed by atoms with van der Waals surface area (Å²) in [5.74, 6) is -6.12. The third-order valence-corrected chi connectivity index (χ3v) is 2.14. The van der Waals surface area contributed by atoms with Gasteiger partial charge in [0.2, 0.25) is 0 Å². The zero-order valence-corrected chi connectivity index (χ0v) is 26.1. The smallest absolute Gasteiger partial charge is 0.549 e. The van der Waals surface area contributed by atoms with Crippen molar-refractivity contribution in [2.24, 2.45) is 0 Å². The number of aliphatic carboxylic acids is 4. The van der Waals surface area contributed by atoms with Crippen LogP contribution in [0.1, 0.15) is 0 Å². The van der Waals surface area contributed by atoms with Crippen LogP contribution in [0.4, 0.5) is 0 Å². The van der Waals surface area contributed by atoms with E-state index in [9.17, 15) is 39.6 Å². The van der Waals surface area contributed by atoms with Crippen molar-refractivity contribution in [1.29, 1.82) is 0 Å². The molecule has 10 nitrogen and oxygen atoms in total. The molecule has 0 atom stereocenters. The Kier molecular flexibility index (Phi) is 59.4. The van der Waals surface area contributed by atoms with Crippen molar-refractivity contribution in [3.63, 3.8) is 0 Å². The fourth-order valence-corrected chi connectivity index (χ4v) is 1.44. The Bertz CT molecular complexity index is 345. The second kappa shape index (κ2) is 30.9. The van der Waals surface area contributed by atoms with Gasteiger partial charge in [-0.1, -0.05) is 0 Å². The Morgan fingerprint density at radius 3 is 0.741 bits per heavy atom. The minimum absolute atomic E-state index is 0. The van der Waals surface area contributed by atoms with E-state index in [0.717, 1.165) is 9.80 Å². The van der Waals surface area contributed by atoms with Crippen LogP contribution < -0.4 is 139 Å². The van der Waals surface area contributed by atoms with Gasteiger partial charge in [0.05, 0.1) is 23.9 Å². The van der Waals surface area contributed by atoms with E-state index in [1.165, 1.54) is 0 Å². The first kappa shape index (κ1) is 51.9. The van der Waals surface area contributed by atoms with Crippen molar-refractivity contribution in [2.45, 2.75) is 0 Å². The van der Waals surface area contributed by atoms with Gasteiger partial charge in [-0.2, -0.15) is 0 Å². The van der Waals surface area contributed by atoms with Crippen LogP contribution in [0.25, 0.3) is 0 Å². The number of carboxylic acids is 4. The second-order valence-corrected chi connectivity index (χ2v) is 3.91. The van der Waals surface area contributed by atoms with E-state index in [-0.39, 0.29) is 169 Å². The summed E-state index contributed by atoms with van der Waals surface area (Å²) in [6.45, 7) is -3.25. The second-order valence-electron chi connectivity index (χ2n) is 3.91. The Labute approximate surface area is 263 Å². The molecule has 0 unspecified atom stereocenters. The maximum absolute atomic E-state index is 10.4. The van der Waals surface area contributed by atoms with Gasteiger partial charge in [-0.3, -0.25) is 9.80 Å². The summed E-state index contributed by atoms with van der Waals surface area (Å²) in [4.78, 5) is 43.4. The van der Waals surface area contributed by atoms with E-state index >= 15 is 0 Å². The van der Waals surface area contributed by atoms with E-state index < -0.39 is 50.1 Å². The average molecular weight is 490 g/mol. The van der Waals surface area contributed by atoms with Crippen LogP contribution in [0.5, 0.6) is 0 Å². The van der Waals surface area contributed by atoms with Gasteiger partial charge in [0.1, 0.15) is 0 Å². The fraction of sp³-hybridized carbons (Fsp3) is 0.600. The topological polar surface area (TPSA) is 167 Å². The van der Waals surface area contributed by atoms with Gasteiger partial charge in [0.25, 0.3) is 0 Å². The molecule has 0 saturated heterocycles. The molecule has 0 aromatic carbocycles. The maximum Gasteiger partial charge on any atom is 1.00 e. The van der Waals surface area contributed by atoms with Crippen LogP contribution >= 0.6 is 37.2 Å². The van der Waals surface area contributed by atoms with Crippen molar-refractivity contribution < 1.29 is 158 Å². The Balaban J connectivity index is -0.0000000860. The standard InChI is InChI=1S/C10H16N2O8.3ClH.4Na/c13-7(14)3-11(4-8(15)16)1-2-12(5-9(17)18)6-10(19)20;;;;;;;/h1-6H2,(H,13,14)(H,15,16)(H,17,18)(H,19,20);3*1H;;;;/q;;;;4*+1/p-4. The zero-order valence-electron chi connectivity index (χ0n) is 15.6. The van der Waals surface area contributed by atoms with E-state index in [1.54, 1.807) is 0 Å². The number of hydrogen-bond donors (Lipinski definition) is 0. The molecule has 0 aliphatic carbocycles. The first-order valence-corrected chi connectivity index (χ1v) is 5.44. The molecule has 0 bridgehead atoms. The monoisotopic (exact) mass is 488 g/mol. The largest absolute Gasteiger partial charge is 1.00 e. The first-order chi connectivity index (χ1) is 9.20. The van der Waals surface area contributed by atoms with Crippen LogP contribution in [0.2, 0.25) is 0 Å². The van der Waals surface area contributed by atoms with Gasteiger partial charge in [-0.05, 0) is 0 Å². The molecule has 138 valence electrons. The SMILES string of the molecule is Cl.Cl.Cl.O=C([O-])CN(CCN(CC(=O)[O-])CC(=O)[O-])CC(=O)[O-].[Na+].[Na+].[Na+].[Na+]. The summed E-state index contributed by atoms with van der Waals surface area (Å²) in [5, 5.41) is 41.6. The molecule has 0 aliphatic heterocycles. The molecular formula is C10H15Cl3N2Na4O8. The number of nitrogens with zero attached hydrogens (tertiary/aromatic N) is 2. The molecule has 0 aromatic heterocycles. The van der Waals surface area contributed by atoms with Crippen LogP contribution in [0, 0.1) is 0 Å². The van der Waals surface area contributed by atoms with Crippen molar-refractivity contribution in [3.05, 3.63) is 0 Å². The molecule has 0 rings (SSSR count). The third-order valence-electron chi connectivity index (χ3n) is 2.14. The van der Waals surface area contributed by atoms with E-state index in [0.29, 0.717) is 0 Å². The molecular weight excluding hydrogens is 474 g/mol. The number of carboxylic acid groups (broad SMARTS) is 4. The zero-order chi connectivity index (χ0) is 15.7. The summed E-state index contributed by atoms with van der Waals surface area (Å²) in [5.41, 5.74) is 0. The van der Waals surface area contributed by atoms with E-state index in [4.69, 9.17) is 0 Å². The molecule has 17 heteroatoms. The van der Waals surface area contributed by atoms with Crippen LogP contribution in [0.15, 0.2) is 0 Å². The molecule has 0 aromatic rings. The molecule has 0 radical (unpaired) electrons. The normalized spacial score (nSPS) is 7.93. The molecule has 0 N–H and O–H groups in total. The van der Waals surface area contributed by atoms with Crippen LogP contribution in [-0.4, -0.2) is 72.9 Å². The summed E-state index contributed by atoms with van der Waals surface area (Å²) < 4.78 is 0. The summed E-state index contributed by atoms with van der Waals surface area (Å²) in [6.07, 6.45) is 0. The third kappa shape index (κ3) is 36.4. The van der Waals surface area contributed by atoms with E-state index in [2.05, 4.69) is 0 Å². The van der Waals surface area contributed by atoms with Gasteiger partial charge in [-0.25, -0.2) is 0 Å². The molecule has 27 heavy (non-hydrogen) atoms. The number of hydrogen-bond acceptors (Lipinski definition) is 10. The summed E-state index contributed by atoms with van der Waals surface area (Å²) in [6, 6.07) is 0. The molecule has 0 heterocycles. The van der Waals surface area contributed by atoms with Gasteiger partial charge >= 0.3 is 118 Å². The predicted molar refractivity (Wildman–Crippen MR) is 74.7 cm³/mol. The van der Waals surface area contributed by atoms with Gasteiger partial charge < -0.3 is 39.6 Å². The number of carbonyl (C=O) groups excluding carboxylic acids is 4. The minimum Gasteiger partial charge on any atom is -0.549 e. The first-order valence-electron chi connectivity index (χ1n) is 5.44. The molecule has 0 fully saturated rings. The molecule has 0 saturated carbocycles. The average Bonchev–Trinajstić information content (AvgIpc) is 2.22. The van der Waals surface area contributed by atoms with Crippen molar-refractivity contribution in [3.8, 4) is 0 Å². The molecule has 0 spiro atoms. The van der Waals surface area contributed by atoms with Crippen LogP contribution in [-0.2, 0) is 19.2 Å². The fourth-order valence-electron chi connectivity index (χ4n) is 1.44. The Morgan fingerprint density at radius 1 is 0.481 bits per heavy atom. The van der Waals surface area contributed by atoms with Crippen molar-refractivity contribution >= 4 is 61.1 Å². The quantitative estimate of drug-likeness (QED) is 0.254. The number of halogens is 3. The maximum atomic E-state index is 10.4. The summed E-state index contributed by atoms with van der Waals surface area (Å²) in [7, 11) is 0. The van der Waals surface area contributed by atoms with Gasteiger partial charge in [0, 0.05) is 39.3 Å². The van der Waals surface area contributed by atoms with Gasteiger partial charge in [0.15, 0.2) is 0 Å². The molecule has 0 amide bonds. The Morgan fingerprint density at radius 2 is 0.630 bits per heavy atom. The van der Waals surface area contributed by atoms with Crippen LogP contribution in [0.3, 0.4) is 0 Å².